The van der Waals surface area contributed by atoms with Crippen molar-refractivity contribution < 1.29 is 4.79 Å². The molecule has 3 rings (SSSR count). The Hall–Kier alpha value is -2.14. The predicted molar refractivity (Wildman–Crippen MR) is 95.6 cm³/mol. The molecule has 0 aromatic carbocycles. The normalized spacial score (nSPS) is 17.2. The van der Waals surface area contributed by atoms with Crippen molar-refractivity contribution in [3.8, 4) is 5.82 Å². The SMILES string of the molecule is CCCN(C(=O)c1cc(C)n(-c2ccccn2)c1C)C1CCNC1. The largest absolute Gasteiger partial charge is 0.334 e. The molecule has 0 bridgehead atoms. The zero-order valence-electron chi connectivity index (χ0n) is 14.7. The molecule has 1 unspecified atom stereocenters. The number of carbonyl (C=O) groups excluding carboxylic acids is 1. The van der Waals surface area contributed by atoms with Crippen LogP contribution in [0.25, 0.3) is 5.82 Å². The lowest BCUT2D eigenvalue weighted by atomic mass is 10.1. The number of carbonyl (C=O) groups is 1. The number of amides is 1. The van der Waals surface area contributed by atoms with Crippen molar-refractivity contribution in [1.82, 2.24) is 19.8 Å². The molecule has 1 saturated heterocycles. The molecular weight excluding hydrogens is 300 g/mol. The van der Waals surface area contributed by atoms with Gasteiger partial charge in [0.05, 0.1) is 5.56 Å². The summed E-state index contributed by atoms with van der Waals surface area (Å²) < 4.78 is 2.06. The fraction of sp³-hybridized carbons (Fsp3) is 0.474. The van der Waals surface area contributed by atoms with Crippen LogP contribution < -0.4 is 5.32 Å². The molecule has 2 aromatic rings. The molecule has 1 amide bonds. The topological polar surface area (TPSA) is 50.2 Å². The van der Waals surface area contributed by atoms with Gasteiger partial charge in [0.15, 0.2) is 0 Å². The van der Waals surface area contributed by atoms with Crippen molar-refractivity contribution >= 4 is 5.91 Å². The minimum atomic E-state index is 0.140. The molecule has 0 spiro atoms. The van der Waals surface area contributed by atoms with Gasteiger partial charge in [0.2, 0.25) is 0 Å². The molecule has 0 saturated carbocycles. The van der Waals surface area contributed by atoms with Crippen molar-refractivity contribution in [2.75, 3.05) is 19.6 Å². The first kappa shape index (κ1) is 16.7. The van der Waals surface area contributed by atoms with E-state index >= 15 is 0 Å². The average Bonchev–Trinajstić information content (AvgIpc) is 3.21. The lowest BCUT2D eigenvalue weighted by Crippen LogP contribution is -2.42. The second-order valence-corrected chi connectivity index (χ2v) is 6.45. The van der Waals surface area contributed by atoms with Crippen LogP contribution in [0, 0.1) is 13.8 Å². The first-order valence-electron chi connectivity index (χ1n) is 8.75. The molecule has 24 heavy (non-hydrogen) atoms. The number of nitrogens with one attached hydrogen (secondary N) is 1. The van der Waals surface area contributed by atoms with E-state index in [0.29, 0.717) is 6.04 Å². The van der Waals surface area contributed by atoms with Gasteiger partial charge in [-0.3, -0.25) is 4.79 Å². The maximum absolute atomic E-state index is 13.2. The number of rotatable bonds is 5. The highest BCUT2D eigenvalue weighted by Crippen LogP contribution is 2.22. The van der Waals surface area contributed by atoms with E-state index in [4.69, 9.17) is 0 Å². The van der Waals surface area contributed by atoms with Crippen LogP contribution >= 0.6 is 0 Å². The van der Waals surface area contributed by atoms with E-state index in [1.54, 1.807) is 6.20 Å². The molecule has 5 nitrogen and oxygen atoms in total. The molecule has 2 aromatic heterocycles. The zero-order valence-corrected chi connectivity index (χ0v) is 14.7. The van der Waals surface area contributed by atoms with Gasteiger partial charge < -0.3 is 14.8 Å². The average molecular weight is 326 g/mol. The molecule has 1 N–H and O–H groups in total. The summed E-state index contributed by atoms with van der Waals surface area (Å²) in [6.45, 7) is 8.85. The van der Waals surface area contributed by atoms with Crippen LogP contribution in [0.5, 0.6) is 0 Å². The van der Waals surface area contributed by atoms with Gasteiger partial charge >= 0.3 is 0 Å². The Labute approximate surface area is 143 Å². The van der Waals surface area contributed by atoms with Crippen LogP contribution in [0.15, 0.2) is 30.5 Å². The fourth-order valence-electron chi connectivity index (χ4n) is 3.57. The Bertz CT molecular complexity index is 702. The minimum absolute atomic E-state index is 0.140. The molecule has 5 heteroatoms. The standard InChI is InChI=1S/C19H26N4O/c1-4-11-22(16-8-10-20-13-16)19(24)17-12-14(2)23(15(17)3)18-7-5-6-9-21-18/h5-7,9,12,16,20H,4,8,10-11,13H2,1-3H3. The third-order valence-corrected chi connectivity index (χ3v) is 4.74. The summed E-state index contributed by atoms with van der Waals surface area (Å²) in [4.78, 5) is 19.7. The summed E-state index contributed by atoms with van der Waals surface area (Å²) in [6.07, 6.45) is 3.79. The van der Waals surface area contributed by atoms with Gasteiger partial charge in [-0.05, 0) is 51.4 Å². The van der Waals surface area contributed by atoms with Crippen LogP contribution in [-0.4, -0.2) is 46.0 Å². The number of nitrogens with zero attached hydrogens (tertiary/aromatic N) is 3. The molecule has 1 aliphatic heterocycles. The van der Waals surface area contributed by atoms with E-state index in [1.165, 1.54) is 0 Å². The number of aryl methyl sites for hydroxylation is 1. The first-order chi connectivity index (χ1) is 11.6. The van der Waals surface area contributed by atoms with Gasteiger partial charge in [0.25, 0.3) is 5.91 Å². The van der Waals surface area contributed by atoms with E-state index in [0.717, 1.165) is 55.2 Å². The summed E-state index contributed by atoms with van der Waals surface area (Å²) in [5.41, 5.74) is 2.79. The smallest absolute Gasteiger partial charge is 0.255 e. The van der Waals surface area contributed by atoms with E-state index in [2.05, 4.69) is 21.8 Å². The van der Waals surface area contributed by atoms with Crippen molar-refractivity contribution in [3.63, 3.8) is 0 Å². The molecule has 1 atom stereocenters. The molecule has 1 aliphatic rings. The number of hydrogen-bond donors (Lipinski definition) is 1. The Morgan fingerprint density at radius 2 is 2.25 bits per heavy atom. The van der Waals surface area contributed by atoms with Crippen molar-refractivity contribution in [2.45, 2.75) is 39.7 Å². The maximum atomic E-state index is 13.2. The summed E-state index contributed by atoms with van der Waals surface area (Å²) in [6, 6.07) is 8.14. The summed E-state index contributed by atoms with van der Waals surface area (Å²) in [5, 5.41) is 3.37. The summed E-state index contributed by atoms with van der Waals surface area (Å²) in [7, 11) is 0. The van der Waals surface area contributed by atoms with Crippen LogP contribution in [0.2, 0.25) is 0 Å². The maximum Gasteiger partial charge on any atom is 0.255 e. The lowest BCUT2D eigenvalue weighted by molar-refractivity contribution is 0.0691. The van der Waals surface area contributed by atoms with Crippen molar-refractivity contribution in [1.29, 1.82) is 0 Å². The monoisotopic (exact) mass is 326 g/mol. The Balaban J connectivity index is 1.95. The third-order valence-electron chi connectivity index (χ3n) is 4.74. The van der Waals surface area contributed by atoms with Crippen molar-refractivity contribution in [2.24, 2.45) is 0 Å². The van der Waals surface area contributed by atoms with E-state index in [-0.39, 0.29) is 5.91 Å². The molecule has 3 heterocycles. The van der Waals surface area contributed by atoms with Crippen LogP contribution in [-0.2, 0) is 0 Å². The number of pyridine rings is 1. The Kier molecular flexibility index (Phi) is 5.00. The Morgan fingerprint density at radius 3 is 2.88 bits per heavy atom. The van der Waals surface area contributed by atoms with Gasteiger partial charge in [-0.25, -0.2) is 4.98 Å². The van der Waals surface area contributed by atoms with Gasteiger partial charge in [0.1, 0.15) is 5.82 Å². The molecule has 1 fully saturated rings. The molecular formula is C19H26N4O. The highest BCUT2D eigenvalue weighted by molar-refractivity contribution is 5.96. The molecule has 0 radical (unpaired) electrons. The fourth-order valence-corrected chi connectivity index (χ4v) is 3.57. The number of hydrogen-bond acceptors (Lipinski definition) is 3. The van der Waals surface area contributed by atoms with Gasteiger partial charge in [0, 0.05) is 36.7 Å². The van der Waals surface area contributed by atoms with Gasteiger partial charge in [-0.2, -0.15) is 0 Å². The highest BCUT2D eigenvalue weighted by atomic mass is 16.2. The van der Waals surface area contributed by atoms with E-state index in [1.807, 2.05) is 43.0 Å². The summed E-state index contributed by atoms with van der Waals surface area (Å²) >= 11 is 0. The van der Waals surface area contributed by atoms with Gasteiger partial charge in [-0.15, -0.1) is 0 Å². The zero-order chi connectivity index (χ0) is 17.1. The van der Waals surface area contributed by atoms with Crippen LogP contribution in [0.3, 0.4) is 0 Å². The van der Waals surface area contributed by atoms with Crippen molar-refractivity contribution in [3.05, 3.63) is 47.4 Å². The number of aromatic nitrogens is 2. The van der Waals surface area contributed by atoms with E-state index < -0.39 is 0 Å². The highest BCUT2D eigenvalue weighted by Gasteiger charge is 2.29. The quantitative estimate of drug-likeness (QED) is 0.919. The molecule has 128 valence electrons. The predicted octanol–water partition coefficient (Wildman–Crippen LogP) is 2.70. The first-order valence-corrected chi connectivity index (χ1v) is 8.75. The third kappa shape index (κ3) is 3.08. The van der Waals surface area contributed by atoms with Gasteiger partial charge in [-0.1, -0.05) is 13.0 Å². The van der Waals surface area contributed by atoms with E-state index in [9.17, 15) is 4.79 Å². The second kappa shape index (κ2) is 7.18. The van der Waals surface area contributed by atoms with Crippen LogP contribution in [0.4, 0.5) is 0 Å². The lowest BCUT2D eigenvalue weighted by Gasteiger charge is -2.28. The molecule has 0 aliphatic carbocycles. The second-order valence-electron chi connectivity index (χ2n) is 6.45. The minimum Gasteiger partial charge on any atom is -0.334 e. The van der Waals surface area contributed by atoms with Crippen LogP contribution in [0.1, 0.15) is 41.5 Å². The summed E-state index contributed by atoms with van der Waals surface area (Å²) in [5.74, 6) is 0.997. The Morgan fingerprint density at radius 1 is 1.42 bits per heavy atom.